The SMILES string of the molecule is Cc1cccc(NC(=S)N2CCCC[C@@H]2c2cccnc2)c1C. The van der Waals surface area contributed by atoms with Crippen LogP contribution in [0, 0.1) is 13.8 Å². The first-order valence-corrected chi connectivity index (χ1v) is 8.61. The highest BCUT2D eigenvalue weighted by Gasteiger charge is 2.26. The van der Waals surface area contributed by atoms with Crippen molar-refractivity contribution in [1.82, 2.24) is 9.88 Å². The first kappa shape index (κ1) is 15.9. The second-order valence-corrected chi connectivity index (χ2v) is 6.56. The van der Waals surface area contributed by atoms with E-state index in [2.05, 4.69) is 53.3 Å². The van der Waals surface area contributed by atoms with E-state index in [1.54, 1.807) is 0 Å². The summed E-state index contributed by atoms with van der Waals surface area (Å²) in [5, 5.41) is 4.27. The minimum absolute atomic E-state index is 0.322. The molecule has 0 aliphatic carbocycles. The molecule has 0 bridgehead atoms. The lowest BCUT2D eigenvalue weighted by Crippen LogP contribution is -2.41. The normalized spacial score (nSPS) is 17.8. The van der Waals surface area contributed by atoms with E-state index in [-0.39, 0.29) is 0 Å². The van der Waals surface area contributed by atoms with Crippen LogP contribution in [-0.4, -0.2) is 21.5 Å². The second kappa shape index (κ2) is 7.09. The predicted octanol–water partition coefficient (Wildman–Crippen LogP) is 4.62. The quantitative estimate of drug-likeness (QED) is 0.815. The summed E-state index contributed by atoms with van der Waals surface area (Å²) in [6.45, 7) is 5.26. The van der Waals surface area contributed by atoms with Gasteiger partial charge >= 0.3 is 0 Å². The Morgan fingerprint density at radius 3 is 2.87 bits per heavy atom. The maximum Gasteiger partial charge on any atom is 0.173 e. The van der Waals surface area contributed by atoms with Gasteiger partial charge in [-0.05, 0) is 74.2 Å². The minimum Gasteiger partial charge on any atom is -0.342 e. The lowest BCUT2D eigenvalue weighted by molar-refractivity contribution is 0.248. The Bertz CT molecular complexity index is 684. The van der Waals surface area contributed by atoms with Gasteiger partial charge in [0.15, 0.2) is 5.11 Å². The highest BCUT2D eigenvalue weighted by Crippen LogP contribution is 2.31. The highest BCUT2D eigenvalue weighted by molar-refractivity contribution is 7.80. The van der Waals surface area contributed by atoms with Gasteiger partial charge in [0.25, 0.3) is 0 Å². The largest absolute Gasteiger partial charge is 0.342 e. The second-order valence-electron chi connectivity index (χ2n) is 6.17. The highest BCUT2D eigenvalue weighted by atomic mass is 32.1. The molecule has 0 spiro atoms. The molecular formula is C19H23N3S. The Hall–Kier alpha value is -1.94. The van der Waals surface area contributed by atoms with Crippen molar-refractivity contribution in [2.24, 2.45) is 0 Å². The monoisotopic (exact) mass is 325 g/mol. The van der Waals surface area contributed by atoms with Crippen LogP contribution in [0.4, 0.5) is 5.69 Å². The van der Waals surface area contributed by atoms with Gasteiger partial charge in [0.05, 0.1) is 6.04 Å². The predicted molar refractivity (Wildman–Crippen MR) is 99.7 cm³/mol. The average molecular weight is 325 g/mol. The molecule has 2 aromatic rings. The van der Waals surface area contributed by atoms with Crippen molar-refractivity contribution in [2.45, 2.75) is 39.2 Å². The van der Waals surface area contributed by atoms with Gasteiger partial charge < -0.3 is 10.2 Å². The van der Waals surface area contributed by atoms with Crippen molar-refractivity contribution in [3.63, 3.8) is 0 Å². The van der Waals surface area contributed by atoms with E-state index in [4.69, 9.17) is 12.2 Å². The fourth-order valence-electron chi connectivity index (χ4n) is 3.17. The molecule has 1 aromatic heterocycles. The van der Waals surface area contributed by atoms with Crippen molar-refractivity contribution in [3.8, 4) is 0 Å². The van der Waals surface area contributed by atoms with E-state index >= 15 is 0 Å². The third-order valence-corrected chi connectivity index (χ3v) is 5.02. The number of benzene rings is 1. The fourth-order valence-corrected chi connectivity index (χ4v) is 3.50. The zero-order valence-electron chi connectivity index (χ0n) is 13.7. The molecule has 1 fully saturated rings. The number of rotatable bonds is 2. The number of hydrogen-bond acceptors (Lipinski definition) is 2. The number of hydrogen-bond donors (Lipinski definition) is 1. The first-order valence-electron chi connectivity index (χ1n) is 8.20. The van der Waals surface area contributed by atoms with E-state index in [0.717, 1.165) is 23.8 Å². The molecule has 2 heterocycles. The summed E-state index contributed by atoms with van der Waals surface area (Å²) in [6.07, 6.45) is 7.33. The molecule has 0 unspecified atom stereocenters. The summed E-state index contributed by atoms with van der Waals surface area (Å²) in [4.78, 5) is 6.59. The van der Waals surface area contributed by atoms with Crippen LogP contribution >= 0.6 is 12.2 Å². The molecule has 1 atom stereocenters. The van der Waals surface area contributed by atoms with Crippen LogP contribution in [0.5, 0.6) is 0 Å². The lowest BCUT2D eigenvalue weighted by atomic mass is 9.97. The molecule has 1 N–H and O–H groups in total. The number of likely N-dealkylation sites (tertiary alicyclic amines) is 1. The van der Waals surface area contributed by atoms with Crippen LogP contribution in [-0.2, 0) is 0 Å². The first-order chi connectivity index (χ1) is 11.2. The molecular weight excluding hydrogens is 302 g/mol. The Kier molecular flexibility index (Phi) is 4.91. The van der Waals surface area contributed by atoms with Crippen LogP contribution in [0.1, 0.15) is 42.0 Å². The van der Waals surface area contributed by atoms with Gasteiger partial charge in [-0.3, -0.25) is 4.98 Å². The Labute approximate surface area is 143 Å². The van der Waals surface area contributed by atoms with Gasteiger partial charge in [0.1, 0.15) is 0 Å². The average Bonchev–Trinajstić information content (AvgIpc) is 2.60. The van der Waals surface area contributed by atoms with Crippen LogP contribution in [0.2, 0.25) is 0 Å². The van der Waals surface area contributed by atoms with E-state index in [9.17, 15) is 0 Å². The molecule has 3 nitrogen and oxygen atoms in total. The Morgan fingerprint density at radius 1 is 1.22 bits per heavy atom. The molecule has 1 saturated heterocycles. The maximum atomic E-state index is 5.73. The maximum absolute atomic E-state index is 5.73. The third-order valence-electron chi connectivity index (χ3n) is 4.68. The fraction of sp³-hybridized carbons (Fsp3) is 0.368. The van der Waals surface area contributed by atoms with Gasteiger partial charge in [-0.2, -0.15) is 0 Å². The van der Waals surface area contributed by atoms with Crippen molar-refractivity contribution in [1.29, 1.82) is 0 Å². The molecule has 1 aliphatic rings. The summed E-state index contributed by atoms with van der Waals surface area (Å²) in [6, 6.07) is 10.8. The van der Waals surface area contributed by atoms with Gasteiger partial charge in [-0.25, -0.2) is 0 Å². The standard InChI is InChI=1S/C19H23N3S/c1-14-7-5-9-17(15(14)2)21-19(23)22-12-4-3-10-18(22)16-8-6-11-20-13-16/h5-9,11,13,18H,3-4,10,12H2,1-2H3,(H,21,23)/t18-/m1/s1. The van der Waals surface area contributed by atoms with Crippen molar-refractivity contribution in [3.05, 3.63) is 59.4 Å². The Balaban J connectivity index is 1.80. The number of piperidine rings is 1. The third kappa shape index (κ3) is 3.53. The summed E-state index contributed by atoms with van der Waals surface area (Å²) >= 11 is 5.73. The van der Waals surface area contributed by atoms with Crippen LogP contribution in [0.15, 0.2) is 42.7 Å². The van der Waals surface area contributed by atoms with E-state index in [1.165, 1.54) is 29.5 Å². The van der Waals surface area contributed by atoms with Crippen LogP contribution in [0.3, 0.4) is 0 Å². The lowest BCUT2D eigenvalue weighted by Gasteiger charge is -2.38. The molecule has 1 aromatic carbocycles. The molecule has 4 heteroatoms. The Morgan fingerprint density at radius 2 is 2.09 bits per heavy atom. The number of nitrogens with one attached hydrogen (secondary N) is 1. The van der Waals surface area contributed by atoms with Crippen molar-refractivity contribution < 1.29 is 0 Å². The molecule has 0 amide bonds. The van der Waals surface area contributed by atoms with E-state index in [0.29, 0.717) is 6.04 Å². The van der Waals surface area contributed by atoms with Gasteiger partial charge in [0.2, 0.25) is 0 Å². The molecule has 23 heavy (non-hydrogen) atoms. The van der Waals surface area contributed by atoms with E-state index in [1.807, 2.05) is 18.5 Å². The van der Waals surface area contributed by atoms with Gasteiger partial charge in [0, 0.05) is 24.6 Å². The van der Waals surface area contributed by atoms with Crippen molar-refractivity contribution >= 4 is 23.0 Å². The van der Waals surface area contributed by atoms with Crippen LogP contribution in [0.25, 0.3) is 0 Å². The number of aryl methyl sites for hydroxylation is 1. The summed E-state index contributed by atoms with van der Waals surface area (Å²) in [7, 11) is 0. The zero-order valence-corrected chi connectivity index (χ0v) is 14.6. The molecule has 0 radical (unpaired) electrons. The summed E-state index contributed by atoms with van der Waals surface area (Å²) < 4.78 is 0. The van der Waals surface area contributed by atoms with E-state index < -0.39 is 0 Å². The minimum atomic E-state index is 0.322. The topological polar surface area (TPSA) is 28.2 Å². The molecule has 120 valence electrons. The van der Waals surface area contributed by atoms with Gasteiger partial charge in [-0.15, -0.1) is 0 Å². The summed E-state index contributed by atoms with van der Waals surface area (Å²) in [5.74, 6) is 0. The number of thiocarbonyl (C=S) groups is 1. The number of aromatic nitrogens is 1. The van der Waals surface area contributed by atoms with Gasteiger partial charge in [-0.1, -0.05) is 18.2 Å². The molecule has 1 aliphatic heterocycles. The molecule has 3 rings (SSSR count). The smallest absolute Gasteiger partial charge is 0.173 e. The molecule has 0 saturated carbocycles. The number of pyridine rings is 1. The van der Waals surface area contributed by atoms with Crippen LogP contribution < -0.4 is 5.32 Å². The summed E-state index contributed by atoms with van der Waals surface area (Å²) in [5.41, 5.74) is 4.88. The number of nitrogens with zero attached hydrogens (tertiary/aromatic N) is 2. The zero-order chi connectivity index (χ0) is 16.2. The number of anilines is 1. The van der Waals surface area contributed by atoms with Crippen molar-refractivity contribution in [2.75, 3.05) is 11.9 Å².